The lowest BCUT2D eigenvalue weighted by atomic mass is 9.77. The molecule has 174 valence electrons. The van der Waals surface area contributed by atoms with Gasteiger partial charge in [-0.3, -0.25) is 14.8 Å². The molecule has 0 spiro atoms. The number of benzene rings is 3. The summed E-state index contributed by atoms with van der Waals surface area (Å²) in [7, 11) is 0. The van der Waals surface area contributed by atoms with Crippen molar-refractivity contribution in [2.24, 2.45) is 0 Å². The molecule has 2 aromatic heterocycles. The third kappa shape index (κ3) is 3.67. The summed E-state index contributed by atoms with van der Waals surface area (Å²) in [5.74, 6) is 0.516. The summed E-state index contributed by atoms with van der Waals surface area (Å²) in [5, 5.41) is 28.8. The second-order valence-corrected chi connectivity index (χ2v) is 8.25. The minimum absolute atomic E-state index is 0.00414. The summed E-state index contributed by atoms with van der Waals surface area (Å²) in [6.45, 7) is 3.49. The standard InChI is InChI=1S/C26H23N7O2/c1-19-25(33(34)35)20(2)31(28-19)18-24-27-29-30-32(24)26(21-12-6-3-7-13-21,22-14-8-4-9-15-22)23-16-10-5-11-17-23/h3-17H,18H2,1-2H3. The maximum atomic E-state index is 11.5. The van der Waals surface area contributed by atoms with Crippen molar-refractivity contribution in [1.29, 1.82) is 0 Å². The van der Waals surface area contributed by atoms with Gasteiger partial charge in [0.2, 0.25) is 0 Å². The van der Waals surface area contributed by atoms with Crippen LogP contribution in [0.15, 0.2) is 91.0 Å². The van der Waals surface area contributed by atoms with Crippen LogP contribution in [0.3, 0.4) is 0 Å². The molecule has 0 bridgehead atoms. The Morgan fingerprint density at radius 2 is 1.31 bits per heavy atom. The monoisotopic (exact) mass is 465 g/mol. The topological polar surface area (TPSA) is 105 Å². The summed E-state index contributed by atoms with van der Waals surface area (Å²) in [6, 6.07) is 30.2. The van der Waals surface area contributed by atoms with E-state index in [-0.39, 0.29) is 12.2 Å². The second-order valence-electron chi connectivity index (χ2n) is 8.25. The van der Waals surface area contributed by atoms with Crippen LogP contribution in [0.4, 0.5) is 5.69 Å². The van der Waals surface area contributed by atoms with Gasteiger partial charge >= 0.3 is 5.69 Å². The van der Waals surface area contributed by atoms with Crippen LogP contribution in [0.25, 0.3) is 0 Å². The molecule has 2 heterocycles. The van der Waals surface area contributed by atoms with E-state index in [1.54, 1.807) is 23.2 Å². The fourth-order valence-electron chi connectivity index (χ4n) is 4.71. The molecule has 0 saturated heterocycles. The first-order valence-electron chi connectivity index (χ1n) is 11.2. The highest BCUT2D eigenvalue weighted by Crippen LogP contribution is 2.40. The van der Waals surface area contributed by atoms with Gasteiger partial charge in [-0.05, 0) is 41.0 Å². The molecule has 0 saturated carbocycles. The van der Waals surface area contributed by atoms with Crippen LogP contribution < -0.4 is 0 Å². The fourth-order valence-corrected chi connectivity index (χ4v) is 4.71. The first-order valence-corrected chi connectivity index (χ1v) is 11.2. The van der Waals surface area contributed by atoms with Gasteiger partial charge in [0.25, 0.3) is 0 Å². The summed E-state index contributed by atoms with van der Waals surface area (Å²) >= 11 is 0. The van der Waals surface area contributed by atoms with Crippen LogP contribution in [0.2, 0.25) is 0 Å². The molecule has 0 atom stereocenters. The third-order valence-electron chi connectivity index (χ3n) is 6.24. The van der Waals surface area contributed by atoms with E-state index in [0.717, 1.165) is 16.7 Å². The average molecular weight is 466 g/mol. The van der Waals surface area contributed by atoms with Crippen molar-refractivity contribution in [1.82, 2.24) is 30.0 Å². The summed E-state index contributed by atoms with van der Waals surface area (Å²) in [5.41, 5.74) is 2.86. The Labute approximate surface area is 201 Å². The van der Waals surface area contributed by atoms with Gasteiger partial charge in [-0.1, -0.05) is 91.0 Å². The van der Waals surface area contributed by atoms with Crippen LogP contribution in [0.1, 0.15) is 33.9 Å². The van der Waals surface area contributed by atoms with Crippen molar-refractivity contribution < 1.29 is 4.92 Å². The predicted octanol–water partition coefficient (Wildman–Crippen LogP) is 4.28. The Morgan fingerprint density at radius 3 is 1.74 bits per heavy atom. The molecule has 5 aromatic rings. The molecule has 5 rings (SSSR count). The SMILES string of the molecule is Cc1nn(Cc2nnnn2C(c2ccccc2)(c2ccccc2)c2ccccc2)c(C)c1[N+](=O)[O-]. The molecule has 0 radical (unpaired) electrons. The molecule has 0 fully saturated rings. The van der Waals surface area contributed by atoms with Crippen molar-refractivity contribution in [3.8, 4) is 0 Å². The van der Waals surface area contributed by atoms with E-state index in [4.69, 9.17) is 0 Å². The molecule has 35 heavy (non-hydrogen) atoms. The first kappa shape index (κ1) is 22.1. The molecule has 0 aliphatic carbocycles. The van der Waals surface area contributed by atoms with Crippen LogP contribution in [0, 0.1) is 24.0 Å². The second kappa shape index (κ2) is 8.94. The van der Waals surface area contributed by atoms with E-state index in [1.165, 1.54) is 0 Å². The fraction of sp³-hybridized carbons (Fsp3) is 0.154. The zero-order valence-corrected chi connectivity index (χ0v) is 19.3. The molecule has 0 aliphatic heterocycles. The van der Waals surface area contributed by atoms with Gasteiger partial charge in [-0.15, -0.1) is 5.10 Å². The molecule has 0 amide bonds. The van der Waals surface area contributed by atoms with Crippen molar-refractivity contribution in [3.63, 3.8) is 0 Å². The van der Waals surface area contributed by atoms with Gasteiger partial charge in [0, 0.05) is 0 Å². The Kier molecular flexibility index (Phi) is 5.66. The van der Waals surface area contributed by atoms with Crippen molar-refractivity contribution in [3.05, 3.63) is 135 Å². The normalized spacial score (nSPS) is 11.5. The largest absolute Gasteiger partial charge is 0.312 e. The van der Waals surface area contributed by atoms with Crippen molar-refractivity contribution in [2.45, 2.75) is 25.9 Å². The number of aryl methyl sites for hydroxylation is 1. The lowest BCUT2D eigenvalue weighted by Gasteiger charge is -2.36. The molecule has 0 unspecified atom stereocenters. The number of aromatic nitrogens is 6. The van der Waals surface area contributed by atoms with Gasteiger partial charge in [0.05, 0.1) is 4.92 Å². The first-order chi connectivity index (χ1) is 17.0. The van der Waals surface area contributed by atoms with E-state index in [0.29, 0.717) is 17.2 Å². The van der Waals surface area contributed by atoms with Gasteiger partial charge in [-0.2, -0.15) is 5.10 Å². The lowest BCUT2D eigenvalue weighted by Crippen LogP contribution is -2.40. The zero-order valence-electron chi connectivity index (χ0n) is 19.3. The van der Waals surface area contributed by atoms with E-state index < -0.39 is 10.5 Å². The molecule has 0 N–H and O–H groups in total. The van der Waals surface area contributed by atoms with E-state index in [2.05, 4.69) is 57.0 Å². The van der Waals surface area contributed by atoms with Gasteiger partial charge < -0.3 is 0 Å². The van der Waals surface area contributed by atoms with Crippen molar-refractivity contribution in [2.75, 3.05) is 0 Å². The minimum Gasteiger partial charge on any atom is -0.258 e. The third-order valence-corrected chi connectivity index (χ3v) is 6.24. The lowest BCUT2D eigenvalue weighted by molar-refractivity contribution is -0.386. The highest BCUT2D eigenvalue weighted by atomic mass is 16.6. The summed E-state index contributed by atoms with van der Waals surface area (Å²) < 4.78 is 3.39. The number of nitro groups is 1. The number of rotatable bonds is 7. The Balaban J connectivity index is 1.78. The van der Waals surface area contributed by atoms with Gasteiger partial charge in [0.15, 0.2) is 5.82 Å². The van der Waals surface area contributed by atoms with Crippen LogP contribution in [-0.2, 0) is 12.1 Å². The Morgan fingerprint density at radius 1 is 0.829 bits per heavy atom. The average Bonchev–Trinajstić information content (AvgIpc) is 3.45. The highest BCUT2D eigenvalue weighted by molar-refractivity contribution is 5.50. The Bertz CT molecular complexity index is 1370. The predicted molar refractivity (Wildman–Crippen MR) is 130 cm³/mol. The molecule has 9 heteroatoms. The van der Waals surface area contributed by atoms with Crippen LogP contribution in [0.5, 0.6) is 0 Å². The van der Waals surface area contributed by atoms with Crippen LogP contribution >= 0.6 is 0 Å². The number of nitrogens with zero attached hydrogens (tertiary/aromatic N) is 7. The van der Waals surface area contributed by atoms with E-state index >= 15 is 0 Å². The smallest absolute Gasteiger partial charge is 0.258 e. The maximum absolute atomic E-state index is 11.5. The van der Waals surface area contributed by atoms with Crippen LogP contribution in [-0.4, -0.2) is 34.9 Å². The molecule has 9 nitrogen and oxygen atoms in total. The molecular formula is C26H23N7O2. The van der Waals surface area contributed by atoms with Crippen molar-refractivity contribution >= 4 is 5.69 Å². The van der Waals surface area contributed by atoms with Gasteiger partial charge in [-0.25, -0.2) is 4.68 Å². The number of hydrogen-bond donors (Lipinski definition) is 0. The molecular weight excluding hydrogens is 442 g/mol. The highest BCUT2D eigenvalue weighted by Gasteiger charge is 2.41. The quantitative estimate of drug-likeness (QED) is 0.202. The zero-order chi connectivity index (χ0) is 24.4. The van der Waals surface area contributed by atoms with E-state index in [1.807, 2.05) is 54.6 Å². The van der Waals surface area contributed by atoms with E-state index in [9.17, 15) is 10.1 Å². The number of hydrogen-bond acceptors (Lipinski definition) is 6. The molecule has 0 aliphatic rings. The molecule has 3 aromatic carbocycles. The Hall–Kier alpha value is -4.66. The maximum Gasteiger partial charge on any atom is 0.312 e. The summed E-state index contributed by atoms with van der Waals surface area (Å²) in [6.07, 6.45) is 0. The summed E-state index contributed by atoms with van der Waals surface area (Å²) in [4.78, 5) is 11.1. The number of tetrazole rings is 1. The minimum atomic E-state index is -0.884. The van der Waals surface area contributed by atoms with Gasteiger partial charge in [0.1, 0.15) is 23.5 Å².